The van der Waals surface area contributed by atoms with Gasteiger partial charge in [-0.15, -0.1) is 10.2 Å². The topological polar surface area (TPSA) is 86.9 Å². The minimum atomic E-state index is -0.00706. The van der Waals surface area contributed by atoms with Crippen LogP contribution < -0.4 is 5.32 Å². The van der Waals surface area contributed by atoms with Crippen molar-refractivity contribution in [1.29, 1.82) is 0 Å². The molecule has 0 unspecified atom stereocenters. The number of benzene rings is 2. The largest absolute Gasteiger partial charge is 0.383 e. The van der Waals surface area contributed by atoms with Crippen LogP contribution in [0.3, 0.4) is 0 Å². The second kappa shape index (κ2) is 9.53. The van der Waals surface area contributed by atoms with Crippen LogP contribution in [0.2, 0.25) is 0 Å². The van der Waals surface area contributed by atoms with Crippen molar-refractivity contribution in [3.63, 3.8) is 0 Å². The van der Waals surface area contributed by atoms with Crippen molar-refractivity contribution in [3.05, 3.63) is 60.3 Å². The van der Waals surface area contributed by atoms with Crippen LogP contribution in [0, 0.1) is 0 Å². The van der Waals surface area contributed by atoms with Gasteiger partial charge in [0.25, 0.3) is 0 Å². The molecule has 1 amide bonds. The van der Waals surface area contributed by atoms with Gasteiger partial charge in [0.15, 0.2) is 0 Å². The van der Waals surface area contributed by atoms with Crippen molar-refractivity contribution < 1.29 is 9.53 Å². The van der Waals surface area contributed by atoms with Gasteiger partial charge >= 0.3 is 0 Å². The Labute approximate surface area is 180 Å². The molecule has 0 aliphatic rings. The van der Waals surface area contributed by atoms with Crippen molar-refractivity contribution in [1.82, 2.24) is 24.8 Å². The third kappa shape index (κ3) is 4.97. The number of hydrogen-bond donors (Lipinski definition) is 1. The van der Waals surface area contributed by atoms with Crippen LogP contribution in [0.1, 0.15) is 18.4 Å². The monoisotopic (exact) mass is 418 g/mol. The molecule has 2 aromatic carbocycles. The molecule has 2 heterocycles. The molecule has 0 fully saturated rings. The fraction of sp³-hybridized carbons (Fsp3) is 0.304. The van der Waals surface area contributed by atoms with Crippen LogP contribution in [0.4, 0.5) is 5.69 Å². The van der Waals surface area contributed by atoms with Gasteiger partial charge in [0, 0.05) is 48.4 Å². The van der Waals surface area contributed by atoms with Crippen LogP contribution in [0.15, 0.2) is 54.7 Å². The number of fused-ring (bicyclic) bond motifs is 1. The molecule has 0 radical (unpaired) electrons. The zero-order valence-electron chi connectivity index (χ0n) is 17.8. The van der Waals surface area contributed by atoms with Gasteiger partial charge in [-0.3, -0.25) is 4.79 Å². The fourth-order valence-corrected chi connectivity index (χ4v) is 3.70. The van der Waals surface area contributed by atoms with E-state index in [1.807, 2.05) is 30.3 Å². The molecule has 0 atom stereocenters. The molecule has 160 valence electrons. The van der Waals surface area contributed by atoms with Crippen molar-refractivity contribution in [3.8, 4) is 11.4 Å². The summed E-state index contributed by atoms with van der Waals surface area (Å²) < 4.78 is 7.45. The highest BCUT2D eigenvalue weighted by molar-refractivity contribution is 5.91. The molecule has 2 aromatic heterocycles. The molecular weight excluding hydrogens is 392 g/mol. The summed E-state index contributed by atoms with van der Waals surface area (Å²) in [6, 6.07) is 15.9. The first-order chi connectivity index (χ1) is 15.1. The van der Waals surface area contributed by atoms with Gasteiger partial charge < -0.3 is 14.6 Å². The number of carbonyl (C=O) groups is 1. The summed E-state index contributed by atoms with van der Waals surface area (Å²) in [5.74, 6) is 0.524. The van der Waals surface area contributed by atoms with Crippen molar-refractivity contribution in [2.45, 2.75) is 25.8 Å². The minimum Gasteiger partial charge on any atom is -0.383 e. The summed E-state index contributed by atoms with van der Waals surface area (Å²) >= 11 is 0. The number of hydrogen-bond acceptors (Lipinski definition) is 5. The number of anilines is 1. The van der Waals surface area contributed by atoms with E-state index in [4.69, 9.17) is 4.74 Å². The van der Waals surface area contributed by atoms with Gasteiger partial charge in [0.1, 0.15) is 0 Å². The third-order valence-electron chi connectivity index (χ3n) is 5.17. The summed E-state index contributed by atoms with van der Waals surface area (Å²) in [7, 11) is 3.43. The lowest BCUT2D eigenvalue weighted by Crippen LogP contribution is -2.11. The van der Waals surface area contributed by atoms with Crippen LogP contribution in [0.25, 0.3) is 22.3 Å². The number of methoxy groups -OCH3 is 1. The Balaban J connectivity index is 1.36. The Hall–Kier alpha value is -3.52. The van der Waals surface area contributed by atoms with E-state index in [9.17, 15) is 4.79 Å². The van der Waals surface area contributed by atoms with Crippen LogP contribution in [-0.4, -0.2) is 44.4 Å². The molecule has 0 spiro atoms. The number of rotatable bonds is 9. The maximum Gasteiger partial charge on any atom is 0.224 e. The Kier molecular flexibility index (Phi) is 6.37. The molecule has 31 heavy (non-hydrogen) atoms. The van der Waals surface area contributed by atoms with Crippen molar-refractivity contribution in [2.24, 2.45) is 7.05 Å². The van der Waals surface area contributed by atoms with Gasteiger partial charge in [-0.1, -0.05) is 30.3 Å². The minimum absolute atomic E-state index is 0.00706. The second-order valence-corrected chi connectivity index (χ2v) is 7.44. The smallest absolute Gasteiger partial charge is 0.224 e. The molecule has 4 aromatic rings. The number of amides is 1. The summed E-state index contributed by atoms with van der Waals surface area (Å²) in [5, 5.41) is 16.3. The number of para-hydroxylation sites is 1. The van der Waals surface area contributed by atoms with Crippen LogP contribution >= 0.6 is 0 Å². The van der Waals surface area contributed by atoms with Gasteiger partial charge in [-0.05, 0) is 41.8 Å². The molecule has 8 nitrogen and oxygen atoms in total. The lowest BCUT2D eigenvalue weighted by Gasteiger charge is -2.06. The summed E-state index contributed by atoms with van der Waals surface area (Å²) in [4.78, 5) is 13.9. The number of aryl methyl sites for hydroxylation is 2. The first-order valence-corrected chi connectivity index (χ1v) is 10.3. The van der Waals surface area contributed by atoms with E-state index >= 15 is 0 Å². The van der Waals surface area contributed by atoms with Crippen molar-refractivity contribution >= 4 is 22.5 Å². The molecule has 0 saturated carbocycles. The molecular formula is C23H26N6O2. The van der Waals surface area contributed by atoms with E-state index in [1.165, 1.54) is 21.3 Å². The molecule has 0 aliphatic carbocycles. The van der Waals surface area contributed by atoms with E-state index in [2.05, 4.69) is 49.7 Å². The lowest BCUT2D eigenvalue weighted by molar-refractivity contribution is -0.116. The fourth-order valence-electron chi connectivity index (χ4n) is 3.70. The first kappa shape index (κ1) is 20.7. The van der Waals surface area contributed by atoms with Crippen molar-refractivity contribution in [2.75, 3.05) is 19.0 Å². The molecule has 1 N–H and O–H groups in total. The Morgan fingerprint density at radius 3 is 2.84 bits per heavy atom. The normalized spacial score (nSPS) is 11.2. The standard InChI is InChI=1S/C23H26N6O2/c1-28-26-23(25-27-28)17-7-5-9-19(15-17)24-22(30)12-6-8-18-16-29(13-14-31-2)21-11-4-3-10-20(18)21/h3-5,7,9-11,15-16H,6,8,12-14H2,1-2H3,(H,24,30). The van der Waals surface area contributed by atoms with Gasteiger partial charge in [0.2, 0.25) is 11.7 Å². The highest BCUT2D eigenvalue weighted by Crippen LogP contribution is 2.23. The molecule has 0 aliphatic heterocycles. The quantitative estimate of drug-likeness (QED) is 0.450. The van der Waals surface area contributed by atoms with Gasteiger partial charge in [-0.25, -0.2) is 0 Å². The summed E-state index contributed by atoms with van der Waals surface area (Å²) in [6.45, 7) is 1.48. The second-order valence-electron chi connectivity index (χ2n) is 7.44. The SMILES string of the molecule is COCCn1cc(CCCC(=O)Nc2cccc(-c3nnn(C)n3)c2)c2ccccc21. The number of ether oxygens (including phenoxy) is 1. The highest BCUT2D eigenvalue weighted by atomic mass is 16.5. The molecule has 8 heteroatoms. The molecule has 0 saturated heterocycles. The predicted octanol–water partition coefficient (Wildman–Crippen LogP) is 3.44. The predicted molar refractivity (Wildman–Crippen MR) is 120 cm³/mol. The van der Waals surface area contributed by atoms with E-state index in [0.29, 0.717) is 18.9 Å². The average molecular weight is 419 g/mol. The van der Waals surface area contributed by atoms with E-state index < -0.39 is 0 Å². The number of nitrogens with one attached hydrogen (secondary N) is 1. The number of carbonyl (C=O) groups excluding carboxylic acids is 1. The van der Waals surface area contributed by atoms with Gasteiger partial charge in [0.05, 0.1) is 13.7 Å². The van der Waals surface area contributed by atoms with Crippen LogP contribution in [0.5, 0.6) is 0 Å². The van der Waals surface area contributed by atoms with E-state index in [1.54, 1.807) is 14.2 Å². The number of nitrogens with zero attached hydrogens (tertiary/aromatic N) is 5. The first-order valence-electron chi connectivity index (χ1n) is 10.3. The lowest BCUT2D eigenvalue weighted by atomic mass is 10.1. The summed E-state index contributed by atoms with van der Waals surface area (Å²) in [6.07, 6.45) is 4.25. The van der Waals surface area contributed by atoms with E-state index in [-0.39, 0.29) is 5.91 Å². The number of aromatic nitrogens is 5. The Morgan fingerprint density at radius 1 is 1.16 bits per heavy atom. The zero-order chi connectivity index (χ0) is 21.6. The zero-order valence-corrected chi connectivity index (χ0v) is 17.8. The number of tetrazole rings is 1. The Bertz CT molecular complexity index is 1180. The molecule has 0 bridgehead atoms. The molecule has 4 rings (SSSR count). The maximum absolute atomic E-state index is 12.5. The maximum atomic E-state index is 12.5. The van der Waals surface area contributed by atoms with Crippen LogP contribution in [-0.2, 0) is 29.5 Å². The third-order valence-corrected chi connectivity index (χ3v) is 5.17. The van der Waals surface area contributed by atoms with Gasteiger partial charge in [-0.2, -0.15) is 4.80 Å². The highest BCUT2D eigenvalue weighted by Gasteiger charge is 2.10. The summed E-state index contributed by atoms with van der Waals surface area (Å²) in [5.41, 5.74) is 4.00. The Morgan fingerprint density at radius 2 is 2.03 bits per heavy atom. The average Bonchev–Trinajstić information content (AvgIpc) is 3.36. The van der Waals surface area contributed by atoms with E-state index in [0.717, 1.165) is 30.6 Å².